The van der Waals surface area contributed by atoms with Crippen LogP contribution in [-0.2, 0) is 11.2 Å². The second-order valence-corrected chi connectivity index (χ2v) is 5.87. The smallest absolute Gasteiger partial charge is 0.282 e. The summed E-state index contributed by atoms with van der Waals surface area (Å²) in [6, 6.07) is 5.76. The number of carbonyl (C=O) groups is 2. The van der Waals surface area contributed by atoms with Gasteiger partial charge >= 0.3 is 0 Å². The Morgan fingerprint density at radius 3 is 3.00 bits per heavy atom. The minimum Gasteiger partial charge on any atom is -0.454 e. The number of benzene rings is 1. The number of thioether (sulfide) groups is 1. The largest absolute Gasteiger partial charge is 0.454 e. The lowest BCUT2D eigenvalue weighted by Gasteiger charge is -2.14. The lowest BCUT2D eigenvalue weighted by Crippen LogP contribution is -2.38. The van der Waals surface area contributed by atoms with E-state index >= 15 is 0 Å². The molecule has 0 unspecified atom stereocenters. The number of ether oxygens (including phenoxy) is 2. The van der Waals surface area contributed by atoms with Gasteiger partial charge in [0.15, 0.2) is 11.5 Å². The van der Waals surface area contributed by atoms with Crippen molar-refractivity contribution in [3.8, 4) is 11.5 Å². The summed E-state index contributed by atoms with van der Waals surface area (Å²) in [6.45, 7) is 1.59. The summed E-state index contributed by atoms with van der Waals surface area (Å²) in [5.41, 5.74) is 1.08. The maximum Gasteiger partial charge on any atom is 0.282 e. The predicted octanol–water partition coefficient (Wildman–Crippen LogP) is 1.24. The standard InChI is InChI=1S/C14H16N2O4S/c17-13(8-16-5-6-21-14(16)18)15-4-3-10-1-2-11-12(7-10)20-9-19-11/h1-2,7H,3-6,8-9H2,(H,15,17). The third-order valence-electron chi connectivity index (χ3n) is 3.35. The van der Waals surface area contributed by atoms with E-state index in [9.17, 15) is 9.59 Å². The first-order valence-electron chi connectivity index (χ1n) is 6.79. The molecule has 2 aliphatic rings. The normalized spacial score (nSPS) is 16.4. The van der Waals surface area contributed by atoms with Crippen LogP contribution in [0.15, 0.2) is 18.2 Å². The molecule has 6 nitrogen and oxygen atoms in total. The molecule has 21 heavy (non-hydrogen) atoms. The molecule has 1 fully saturated rings. The zero-order valence-electron chi connectivity index (χ0n) is 11.5. The van der Waals surface area contributed by atoms with E-state index in [0.717, 1.165) is 22.8 Å². The van der Waals surface area contributed by atoms with Crippen LogP contribution in [0.2, 0.25) is 0 Å². The molecule has 1 N–H and O–H groups in total. The molecule has 2 amide bonds. The van der Waals surface area contributed by atoms with Crippen molar-refractivity contribution in [3.63, 3.8) is 0 Å². The Hall–Kier alpha value is -1.89. The van der Waals surface area contributed by atoms with Crippen molar-refractivity contribution in [3.05, 3.63) is 23.8 Å². The lowest BCUT2D eigenvalue weighted by atomic mass is 10.1. The van der Waals surface area contributed by atoms with Crippen LogP contribution in [0.25, 0.3) is 0 Å². The van der Waals surface area contributed by atoms with Gasteiger partial charge < -0.3 is 19.7 Å². The first kappa shape index (κ1) is 14.1. The molecule has 1 aromatic carbocycles. The molecule has 0 saturated carbocycles. The first-order chi connectivity index (χ1) is 10.2. The molecule has 112 valence electrons. The summed E-state index contributed by atoms with van der Waals surface area (Å²) in [4.78, 5) is 24.7. The van der Waals surface area contributed by atoms with Crippen molar-refractivity contribution in [2.24, 2.45) is 0 Å². The molecule has 3 rings (SSSR count). The first-order valence-corrected chi connectivity index (χ1v) is 7.78. The van der Waals surface area contributed by atoms with Gasteiger partial charge in [-0.1, -0.05) is 17.8 Å². The fourth-order valence-corrected chi connectivity index (χ4v) is 3.07. The summed E-state index contributed by atoms with van der Waals surface area (Å²) < 4.78 is 10.6. The van der Waals surface area contributed by atoms with Gasteiger partial charge in [-0.25, -0.2) is 0 Å². The van der Waals surface area contributed by atoms with Crippen LogP contribution in [0.4, 0.5) is 4.79 Å². The maximum absolute atomic E-state index is 11.8. The molecular weight excluding hydrogens is 292 g/mol. The summed E-state index contributed by atoms with van der Waals surface area (Å²) in [7, 11) is 0. The number of hydrogen-bond acceptors (Lipinski definition) is 5. The molecule has 0 aliphatic carbocycles. The molecule has 0 bridgehead atoms. The minimum atomic E-state index is -0.119. The molecule has 7 heteroatoms. The molecule has 0 aromatic heterocycles. The third kappa shape index (κ3) is 3.41. The van der Waals surface area contributed by atoms with Crippen LogP contribution in [0.5, 0.6) is 11.5 Å². The lowest BCUT2D eigenvalue weighted by molar-refractivity contribution is -0.121. The quantitative estimate of drug-likeness (QED) is 0.886. The van der Waals surface area contributed by atoms with Crippen molar-refractivity contribution < 1.29 is 19.1 Å². The van der Waals surface area contributed by atoms with E-state index in [1.54, 1.807) is 4.90 Å². The van der Waals surface area contributed by atoms with E-state index in [4.69, 9.17) is 9.47 Å². The topological polar surface area (TPSA) is 67.9 Å². The van der Waals surface area contributed by atoms with Crippen LogP contribution in [-0.4, -0.2) is 48.2 Å². The highest BCUT2D eigenvalue weighted by molar-refractivity contribution is 8.13. The molecule has 2 heterocycles. The van der Waals surface area contributed by atoms with Crippen molar-refractivity contribution in [1.29, 1.82) is 0 Å². The van der Waals surface area contributed by atoms with Crippen molar-refractivity contribution in [2.75, 3.05) is 32.2 Å². The van der Waals surface area contributed by atoms with Crippen molar-refractivity contribution in [2.45, 2.75) is 6.42 Å². The number of hydrogen-bond donors (Lipinski definition) is 1. The van der Waals surface area contributed by atoms with Gasteiger partial charge in [0, 0.05) is 18.8 Å². The zero-order chi connectivity index (χ0) is 14.7. The number of rotatable bonds is 5. The van der Waals surface area contributed by atoms with Crippen LogP contribution in [0.1, 0.15) is 5.56 Å². The summed E-state index contributed by atoms with van der Waals surface area (Å²) in [6.07, 6.45) is 0.713. The second kappa shape index (κ2) is 6.26. The highest BCUT2D eigenvalue weighted by atomic mass is 32.2. The maximum atomic E-state index is 11.8. The van der Waals surface area contributed by atoms with Crippen LogP contribution in [0.3, 0.4) is 0 Å². The van der Waals surface area contributed by atoms with E-state index in [0.29, 0.717) is 19.5 Å². The fraction of sp³-hybridized carbons (Fsp3) is 0.429. The summed E-state index contributed by atoms with van der Waals surface area (Å²) >= 11 is 1.26. The number of nitrogens with one attached hydrogen (secondary N) is 1. The van der Waals surface area contributed by atoms with Crippen LogP contribution >= 0.6 is 11.8 Å². The van der Waals surface area contributed by atoms with Gasteiger partial charge in [0.25, 0.3) is 5.24 Å². The van der Waals surface area contributed by atoms with Crippen LogP contribution in [0, 0.1) is 0 Å². The van der Waals surface area contributed by atoms with E-state index in [-0.39, 0.29) is 24.5 Å². The van der Waals surface area contributed by atoms with Gasteiger partial charge in [-0.2, -0.15) is 0 Å². The average Bonchev–Trinajstić information content (AvgIpc) is 3.08. The van der Waals surface area contributed by atoms with E-state index < -0.39 is 0 Å². The Labute approximate surface area is 126 Å². The van der Waals surface area contributed by atoms with Gasteiger partial charge in [-0.15, -0.1) is 0 Å². The van der Waals surface area contributed by atoms with Crippen molar-refractivity contribution in [1.82, 2.24) is 10.2 Å². The molecule has 1 aromatic rings. The number of fused-ring (bicyclic) bond motifs is 1. The molecule has 0 radical (unpaired) electrons. The van der Waals surface area contributed by atoms with E-state index in [2.05, 4.69) is 5.32 Å². The van der Waals surface area contributed by atoms with Gasteiger partial charge in [0.1, 0.15) is 6.54 Å². The third-order valence-corrected chi connectivity index (χ3v) is 4.24. The highest BCUT2D eigenvalue weighted by Crippen LogP contribution is 2.32. The molecule has 0 spiro atoms. The highest BCUT2D eigenvalue weighted by Gasteiger charge is 2.22. The van der Waals surface area contributed by atoms with E-state index in [1.165, 1.54) is 11.8 Å². The van der Waals surface area contributed by atoms with E-state index in [1.807, 2.05) is 18.2 Å². The van der Waals surface area contributed by atoms with Gasteiger partial charge in [0.05, 0.1) is 0 Å². The molecular formula is C14H16N2O4S. The Morgan fingerprint density at radius 1 is 1.33 bits per heavy atom. The summed E-state index contributed by atoms with van der Waals surface area (Å²) in [5.74, 6) is 2.15. The Morgan fingerprint density at radius 2 is 2.19 bits per heavy atom. The Kier molecular flexibility index (Phi) is 4.19. The number of carbonyl (C=O) groups excluding carboxylic acids is 2. The average molecular weight is 308 g/mol. The zero-order valence-corrected chi connectivity index (χ0v) is 12.3. The monoisotopic (exact) mass is 308 g/mol. The number of nitrogens with zero attached hydrogens (tertiary/aromatic N) is 1. The predicted molar refractivity (Wildman–Crippen MR) is 78.7 cm³/mol. The van der Waals surface area contributed by atoms with Gasteiger partial charge in [-0.05, 0) is 24.1 Å². The van der Waals surface area contributed by atoms with Crippen molar-refractivity contribution >= 4 is 22.9 Å². The van der Waals surface area contributed by atoms with Gasteiger partial charge in [-0.3, -0.25) is 9.59 Å². The second-order valence-electron chi connectivity index (χ2n) is 4.82. The van der Waals surface area contributed by atoms with Gasteiger partial charge in [0.2, 0.25) is 12.7 Å². The molecule has 0 atom stereocenters. The Balaban J connectivity index is 1.43. The SMILES string of the molecule is O=C(CN1CCSC1=O)NCCc1ccc2c(c1)OCO2. The fourth-order valence-electron chi connectivity index (χ4n) is 2.24. The molecule has 1 saturated heterocycles. The molecule has 2 aliphatic heterocycles. The number of amides is 2. The minimum absolute atomic E-state index is 0.0130. The Bertz CT molecular complexity index is 564. The van der Waals surface area contributed by atoms with Crippen LogP contribution < -0.4 is 14.8 Å². The summed E-state index contributed by atoms with van der Waals surface area (Å²) in [5, 5.41) is 2.82.